The van der Waals surface area contributed by atoms with Gasteiger partial charge in [0.05, 0.1) is 0 Å². The highest BCUT2D eigenvalue weighted by molar-refractivity contribution is 5.38. The van der Waals surface area contributed by atoms with Crippen LogP contribution in [-0.4, -0.2) is 6.72 Å². The lowest BCUT2D eigenvalue weighted by Gasteiger charge is -1.83. The molecule has 0 aliphatic carbocycles. The third-order valence-electron chi connectivity index (χ3n) is 0.940. The summed E-state index contributed by atoms with van der Waals surface area (Å²) in [5, 5.41) is 0. The van der Waals surface area contributed by atoms with Crippen LogP contribution in [0.3, 0.4) is 0 Å². The second kappa shape index (κ2) is 5.84. The predicted molar refractivity (Wildman–Crippen MR) is 45.9 cm³/mol. The first-order valence-electron chi connectivity index (χ1n) is 3.06. The van der Waals surface area contributed by atoms with Crippen molar-refractivity contribution in [3.63, 3.8) is 0 Å². The summed E-state index contributed by atoms with van der Waals surface area (Å²) in [6, 6.07) is 0. The Morgan fingerprint density at radius 2 is 2.30 bits per heavy atom. The van der Waals surface area contributed by atoms with E-state index in [0.717, 1.165) is 5.57 Å². The van der Waals surface area contributed by atoms with E-state index < -0.39 is 0 Å². The van der Waals surface area contributed by atoms with Crippen LogP contribution in [0.25, 0.3) is 0 Å². The number of hydrogen-bond acceptors (Lipinski definition) is 1. The van der Waals surface area contributed by atoms with E-state index in [-0.39, 0.29) is 0 Å². The first kappa shape index (κ1) is 8.71. The summed E-state index contributed by atoms with van der Waals surface area (Å²) in [6.45, 7) is 7.06. The molecule has 0 saturated carbocycles. The van der Waals surface area contributed by atoms with Gasteiger partial charge in [-0.1, -0.05) is 12.0 Å². The molecule has 10 heavy (non-hydrogen) atoms. The molecule has 52 valence electrons. The van der Waals surface area contributed by atoms with Crippen LogP contribution in [0, 0.1) is 11.8 Å². The Bertz CT molecular complexity index is 211. The lowest BCUT2D eigenvalue weighted by molar-refractivity contribution is 1.56. The number of nitrogens with zero attached hydrogens (tertiary/aromatic N) is 1. The van der Waals surface area contributed by atoms with Crippen LogP contribution in [0.15, 0.2) is 28.9 Å². The van der Waals surface area contributed by atoms with Crippen LogP contribution in [0.2, 0.25) is 0 Å². The van der Waals surface area contributed by atoms with Crippen molar-refractivity contribution < 1.29 is 0 Å². The van der Waals surface area contributed by atoms with Crippen molar-refractivity contribution in [1.82, 2.24) is 0 Å². The normalized spacial score (nSPS) is 10.8. The second-order valence-electron chi connectivity index (χ2n) is 1.62. The summed E-state index contributed by atoms with van der Waals surface area (Å²) in [4.78, 5) is 3.57. The van der Waals surface area contributed by atoms with Crippen molar-refractivity contribution >= 4 is 6.72 Å². The lowest BCUT2D eigenvalue weighted by atomic mass is 10.2. The maximum Gasteiger partial charge on any atom is 0.0272 e. The molecular weight excluding hydrogens is 122 g/mol. The Hall–Kier alpha value is -1.29. The van der Waals surface area contributed by atoms with E-state index in [0.29, 0.717) is 0 Å². The van der Waals surface area contributed by atoms with E-state index in [9.17, 15) is 0 Å². The van der Waals surface area contributed by atoms with Crippen molar-refractivity contribution in [1.29, 1.82) is 0 Å². The lowest BCUT2D eigenvalue weighted by Crippen LogP contribution is -1.67. The maximum absolute atomic E-state index is 3.57. The van der Waals surface area contributed by atoms with Crippen molar-refractivity contribution in [3.05, 3.63) is 23.9 Å². The highest BCUT2D eigenvalue weighted by Crippen LogP contribution is 1.93. The van der Waals surface area contributed by atoms with Gasteiger partial charge in [-0.3, -0.25) is 4.99 Å². The Kier molecular flexibility index (Phi) is 5.09. The molecule has 0 aromatic carbocycles. The average Bonchev–Trinajstić information content (AvgIpc) is 1.98. The maximum atomic E-state index is 3.57. The Morgan fingerprint density at radius 1 is 1.60 bits per heavy atom. The summed E-state index contributed by atoms with van der Waals surface area (Å²) in [6.07, 6.45) is 5.38. The fourth-order valence-electron chi connectivity index (χ4n) is 0.487. The Balaban J connectivity index is 4.20. The highest BCUT2D eigenvalue weighted by Gasteiger charge is 1.77. The first-order chi connectivity index (χ1) is 4.85. The van der Waals surface area contributed by atoms with Gasteiger partial charge in [-0.05, 0) is 26.6 Å². The number of rotatable bonds is 2. The summed E-state index contributed by atoms with van der Waals surface area (Å²) >= 11 is 0. The van der Waals surface area contributed by atoms with Crippen molar-refractivity contribution in [2.45, 2.75) is 13.8 Å². The van der Waals surface area contributed by atoms with Crippen LogP contribution in [-0.2, 0) is 0 Å². The molecule has 0 unspecified atom stereocenters. The zero-order valence-electron chi connectivity index (χ0n) is 6.39. The molecule has 0 aliphatic rings. The summed E-state index contributed by atoms with van der Waals surface area (Å²) in [7, 11) is 0. The van der Waals surface area contributed by atoms with E-state index in [1.807, 2.05) is 19.1 Å². The molecule has 1 heteroatoms. The Labute approximate surface area is 62.2 Å². The quantitative estimate of drug-likeness (QED) is 0.311. The molecule has 0 bridgehead atoms. The molecule has 0 saturated heterocycles. The van der Waals surface area contributed by atoms with Gasteiger partial charge in [0.1, 0.15) is 0 Å². The molecule has 0 aliphatic heterocycles. The van der Waals surface area contributed by atoms with Gasteiger partial charge in [0.15, 0.2) is 0 Å². The van der Waals surface area contributed by atoms with Crippen LogP contribution in [0.5, 0.6) is 0 Å². The molecule has 0 N–H and O–H groups in total. The van der Waals surface area contributed by atoms with Gasteiger partial charge in [0, 0.05) is 11.8 Å². The topological polar surface area (TPSA) is 12.4 Å². The van der Waals surface area contributed by atoms with Crippen molar-refractivity contribution in [2.75, 3.05) is 0 Å². The van der Waals surface area contributed by atoms with Crippen LogP contribution in [0.4, 0.5) is 0 Å². The number of hydrogen-bond donors (Lipinski definition) is 0. The molecule has 0 amide bonds. The largest absolute Gasteiger partial charge is 0.272 e. The fourth-order valence-corrected chi connectivity index (χ4v) is 0.487. The van der Waals surface area contributed by atoms with Gasteiger partial charge in [-0.25, -0.2) is 0 Å². The smallest absolute Gasteiger partial charge is 0.0272 e. The summed E-state index contributed by atoms with van der Waals surface area (Å²) in [5.41, 5.74) is 0.968. The van der Waals surface area contributed by atoms with Crippen molar-refractivity contribution in [3.8, 4) is 11.8 Å². The molecule has 1 nitrogen and oxygen atoms in total. The first-order valence-corrected chi connectivity index (χ1v) is 3.06. The molecule has 0 aromatic rings. The zero-order valence-corrected chi connectivity index (χ0v) is 6.39. The highest BCUT2D eigenvalue weighted by atomic mass is 14.6. The fraction of sp³-hybridized carbons (Fsp3) is 0.222. The summed E-state index contributed by atoms with van der Waals surface area (Å²) < 4.78 is 0. The molecular formula is C9H11N. The third-order valence-corrected chi connectivity index (χ3v) is 0.940. The predicted octanol–water partition coefficient (Wildman–Crippen LogP) is 2.17. The van der Waals surface area contributed by atoms with E-state index in [4.69, 9.17) is 0 Å². The molecule has 0 heterocycles. The van der Waals surface area contributed by atoms with Gasteiger partial charge in [0.25, 0.3) is 0 Å². The van der Waals surface area contributed by atoms with Gasteiger partial charge < -0.3 is 0 Å². The van der Waals surface area contributed by atoms with E-state index in [1.165, 1.54) is 0 Å². The minimum absolute atomic E-state index is 0.968. The summed E-state index contributed by atoms with van der Waals surface area (Å²) in [5.74, 6) is 5.70. The van der Waals surface area contributed by atoms with E-state index in [2.05, 4.69) is 23.6 Å². The molecule has 0 rings (SSSR count). The molecule has 0 radical (unpaired) electrons. The molecule has 0 spiro atoms. The van der Waals surface area contributed by atoms with E-state index >= 15 is 0 Å². The van der Waals surface area contributed by atoms with Gasteiger partial charge >= 0.3 is 0 Å². The minimum atomic E-state index is 0.968. The SMILES string of the molecule is C=NC=CC(C#CC)=CC. The minimum Gasteiger partial charge on any atom is -0.272 e. The average molecular weight is 133 g/mol. The zero-order chi connectivity index (χ0) is 7.82. The third kappa shape index (κ3) is 3.68. The Morgan fingerprint density at radius 3 is 2.70 bits per heavy atom. The van der Waals surface area contributed by atoms with Gasteiger partial charge in [-0.15, -0.1) is 5.92 Å². The second-order valence-corrected chi connectivity index (χ2v) is 1.62. The molecule has 0 aromatic heterocycles. The molecule has 0 atom stereocenters. The number of allylic oxidation sites excluding steroid dienone is 3. The van der Waals surface area contributed by atoms with Crippen LogP contribution >= 0.6 is 0 Å². The number of aliphatic imine (C=N–C) groups is 1. The monoisotopic (exact) mass is 133 g/mol. The van der Waals surface area contributed by atoms with Crippen LogP contribution < -0.4 is 0 Å². The standard InChI is InChI=1S/C9H11N/c1-4-6-9(5-2)7-8-10-3/h5,7-8H,3H2,1-2H3. The van der Waals surface area contributed by atoms with Crippen molar-refractivity contribution in [2.24, 2.45) is 4.99 Å². The van der Waals surface area contributed by atoms with E-state index in [1.54, 1.807) is 13.1 Å². The van der Waals surface area contributed by atoms with Crippen LogP contribution in [0.1, 0.15) is 13.8 Å². The van der Waals surface area contributed by atoms with Gasteiger partial charge in [-0.2, -0.15) is 0 Å². The van der Waals surface area contributed by atoms with Gasteiger partial charge in [0.2, 0.25) is 0 Å². The molecule has 0 fully saturated rings.